The maximum absolute atomic E-state index is 12.9. The van der Waals surface area contributed by atoms with Crippen LogP contribution in [0.4, 0.5) is 5.69 Å². The Morgan fingerprint density at radius 2 is 1.81 bits per heavy atom. The van der Waals surface area contributed by atoms with E-state index in [4.69, 9.17) is 4.74 Å². The Balaban J connectivity index is 1.47. The standard InChI is InChI=1S/C25H26N2O3S/c1-17(2)18-9-11-19(12-10-18)25(22-8-5-15-31-22)26-23(28)13-14-27-20-6-3-4-7-21(20)30-16-24(27)29/h3-12,15,17,25H,13-14,16H2,1-2H3,(H,26,28). The van der Waals surface area contributed by atoms with Crippen molar-refractivity contribution in [3.05, 3.63) is 82.0 Å². The number of carbonyl (C=O) groups is 2. The smallest absolute Gasteiger partial charge is 0.265 e. The van der Waals surface area contributed by atoms with Crippen molar-refractivity contribution >= 4 is 28.8 Å². The average Bonchev–Trinajstić information content (AvgIpc) is 3.31. The van der Waals surface area contributed by atoms with Gasteiger partial charge in [0, 0.05) is 17.8 Å². The van der Waals surface area contributed by atoms with Crippen molar-refractivity contribution in [3.8, 4) is 5.75 Å². The van der Waals surface area contributed by atoms with Gasteiger partial charge < -0.3 is 15.0 Å². The van der Waals surface area contributed by atoms with Gasteiger partial charge >= 0.3 is 0 Å². The van der Waals surface area contributed by atoms with Crippen LogP contribution in [0.3, 0.4) is 0 Å². The van der Waals surface area contributed by atoms with Crippen molar-refractivity contribution in [1.82, 2.24) is 5.32 Å². The van der Waals surface area contributed by atoms with Crippen LogP contribution in [0.5, 0.6) is 5.75 Å². The van der Waals surface area contributed by atoms with E-state index in [2.05, 4.69) is 43.4 Å². The van der Waals surface area contributed by atoms with Gasteiger partial charge in [-0.1, -0.05) is 56.3 Å². The van der Waals surface area contributed by atoms with Gasteiger partial charge in [0.2, 0.25) is 5.91 Å². The van der Waals surface area contributed by atoms with E-state index in [1.54, 1.807) is 16.2 Å². The summed E-state index contributed by atoms with van der Waals surface area (Å²) in [6.07, 6.45) is 0.214. The van der Waals surface area contributed by atoms with Crippen LogP contribution in [0.25, 0.3) is 0 Å². The highest BCUT2D eigenvalue weighted by Gasteiger charge is 2.26. The number of amides is 2. The zero-order valence-corrected chi connectivity index (χ0v) is 18.5. The first-order chi connectivity index (χ1) is 15.0. The minimum absolute atomic E-state index is 0.00134. The molecule has 0 bridgehead atoms. The summed E-state index contributed by atoms with van der Waals surface area (Å²) in [7, 11) is 0. The fraction of sp³-hybridized carbons (Fsp3) is 0.280. The first-order valence-electron chi connectivity index (χ1n) is 10.5. The fourth-order valence-electron chi connectivity index (χ4n) is 3.69. The molecule has 5 nitrogen and oxygen atoms in total. The van der Waals surface area contributed by atoms with Crippen molar-refractivity contribution in [2.75, 3.05) is 18.1 Å². The van der Waals surface area contributed by atoms with Crippen molar-refractivity contribution < 1.29 is 14.3 Å². The summed E-state index contributed by atoms with van der Waals surface area (Å²) < 4.78 is 5.48. The summed E-state index contributed by atoms with van der Waals surface area (Å²) in [6.45, 7) is 4.64. The summed E-state index contributed by atoms with van der Waals surface area (Å²) in [5.41, 5.74) is 3.03. The molecule has 6 heteroatoms. The lowest BCUT2D eigenvalue weighted by Gasteiger charge is -2.29. The zero-order chi connectivity index (χ0) is 21.8. The Morgan fingerprint density at radius 3 is 2.52 bits per heavy atom. The van der Waals surface area contributed by atoms with Crippen LogP contribution in [0.2, 0.25) is 0 Å². The van der Waals surface area contributed by atoms with Crippen molar-refractivity contribution in [2.45, 2.75) is 32.2 Å². The third-order valence-corrected chi connectivity index (χ3v) is 6.38. The first kappa shape index (κ1) is 21.1. The number of thiophene rings is 1. The summed E-state index contributed by atoms with van der Waals surface area (Å²) in [6, 6.07) is 19.6. The molecule has 2 aromatic carbocycles. The number of fused-ring (bicyclic) bond motifs is 1. The molecule has 0 fully saturated rings. The SMILES string of the molecule is CC(C)c1ccc(C(NC(=O)CCN2C(=O)COc3ccccc32)c2cccs2)cc1. The molecular formula is C25H26N2O3S. The van der Waals surface area contributed by atoms with E-state index in [1.807, 2.05) is 41.8 Å². The molecule has 2 amide bonds. The highest BCUT2D eigenvalue weighted by Crippen LogP contribution is 2.32. The Kier molecular flexibility index (Phi) is 6.37. The first-order valence-corrected chi connectivity index (χ1v) is 11.4. The van der Waals surface area contributed by atoms with E-state index < -0.39 is 0 Å². The van der Waals surface area contributed by atoms with Crippen LogP contribution in [0.15, 0.2) is 66.0 Å². The molecule has 1 N–H and O–H groups in total. The van der Waals surface area contributed by atoms with Crippen LogP contribution in [0.1, 0.15) is 48.2 Å². The minimum Gasteiger partial charge on any atom is -0.482 e. The number of nitrogens with zero attached hydrogens (tertiary/aromatic N) is 1. The van der Waals surface area contributed by atoms with E-state index in [-0.39, 0.29) is 30.9 Å². The van der Waals surface area contributed by atoms with Crippen LogP contribution >= 0.6 is 11.3 Å². The molecule has 1 aromatic heterocycles. The highest BCUT2D eigenvalue weighted by atomic mass is 32.1. The Labute approximate surface area is 186 Å². The maximum Gasteiger partial charge on any atom is 0.265 e. The number of anilines is 1. The predicted octanol–water partition coefficient (Wildman–Crippen LogP) is 4.89. The zero-order valence-electron chi connectivity index (χ0n) is 17.7. The van der Waals surface area contributed by atoms with Gasteiger partial charge in [0.1, 0.15) is 5.75 Å². The van der Waals surface area contributed by atoms with Gasteiger partial charge in [-0.15, -0.1) is 11.3 Å². The average molecular weight is 435 g/mol. The van der Waals surface area contributed by atoms with E-state index in [0.29, 0.717) is 23.9 Å². The molecule has 1 unspecified atom stereocenters. The Hall–Kier alpha value is -3.12. The van der Waals surface area contributed by atoms with Gasteiger partial charge in [-0.3, -0.25) is 9.59 Å². The number of ether oxygens (including phenoxy) is 1. The monoisotopic (exact) mass is 434 g/mol. The van der Waals surface area contributed by atoms with Gasteiger partial charge in [-0.25, -0.2) is 0 Å². The number of carbonyl (C=O) groups excluding carboxylic acids is 2. The Bertz CT molecular complexity index is 1040. The predicted molar refractivity (Wildman–Crippen MR) is 124 cm³/mol. The number of benzene rings is 2. The molecule has 2 heterocycles. The molecule has 1 aliphatic rings. The minimum atomic E-state index is -0.207. The largest absolute Gasteiger partial charge is 0.482 e. The number of para-hydroxylation sites is 2. The van der Waals surface area contributed by atoms with Gasteiger partial charge in [0.05, 0.1) is 11.7 Å². The quantitative estimate of drug-likeness (QED) is 0.576. The van der Waals surface area contributed by atoms with Crippen LogP contribution < -0.4 is 15.0 Å². The lowest BCUT2D eigenvalue weighted by molar-refractivity contribution is -0.122. The Morgan fingerprint density at radius 1 is 1.06 bits per heavy atom. The van der Waals surface area contributed by atoms with Crippen LogP contribution in [-0.2, 0) is 9.59 Å². The van der Waals surface area contributed by atoms with Crippen molar-refractivity contribution in [3.63, 3.8) is 0 Å². The molecular weight excluding hydrogens is 408 g/mol. The number of rotatable bonds is 7. The second-order valence-corrected chi connectivity index (χ2v) is 8.87. The number of nitrogens with one attached hydrogen (secondary N) is 1. The molecule has 1 aliphatic heterocycles. The molecule has 4 rings (SSSR count). The van der Waals surface area contributed by atoms with E-state index >= 15 is 0 Å². The molecule has 0 saturated carbocycles. The van der Waals surface area contributed by atoms with E-state index in [9.17, 15) is 9.59 Å². The lowest BCUT2D eigenvalue weighted by Crippen LogP contribution is -2.41. The molecule has 0 radical (unpaired) electrons. The number of hydrogen-bond acceptors (Lipinski definition) is 4. The third-order valence-electron chi connectivity index (χ3n) is 5.44. The topological polar surface area (TPSA) is 58.6 Å². The molecule has 0 aliphatic carbocycles. The van der Waals surface area contributed by atoms with Crippen molar-refractivity contribution in [2.24, 2.45) is 0 Å². The van der Waals surface area contributed by atoms with Crippen molar-refractivity contribution in [1.29, 1.82) is 0 Å². The second kappa shape index (κ2) is 9.35. The molecule has 0 saturated heterocycles. The molecule has 3 aromatic rings. The number of hydrogen-bond donors (Lipinski definition) is 1. The van der Waals surface area contributed by atoms with Gasteiger partial charge in [0.15, 0.2) is 6.61 Å². The van der Waals surface area contributed by atoms with E-state index in [1.165, 1.54) is 5.56 Å². The van der Waals surface area contributed by atoms with Crippen LogP contribution in [0, 0.1) is 0 Å². The van der Waals surface area contributed by atoms with Gasteiger partial charge in [0.25, 0.3) is 5.91 Å². The second-order valence-electron chi connectivity index (χ2n) is 7.89. The molecule has 0 spiro atoms. The molecule has 31 heavy (non-hydrogen) atoms. The maximum atomic E-state index is 12.9. The normalized spacial score (nSPS) is 14.2. The fourth-order valence-corrected chi connectivity index (χ4v) is 4.50. The summed E-state index contributed by atoms with van der Waals surface area (Å²) in [5.74, 6) is 0.899. The van der Waals surface area contributed by atoms with Gasteiger partial charge in [-0.05, 0) is 40.6 Å². The van der Waals surface area contributed by atoms with Gasteiger partial charge in [-0.2, -0.15) is 0 Å². The highest BCUT2D eigenvalue weighted by molar-refractivity contribution is 7.10. The molecule has 160 valence electrons. The summed E-state index contributed by atoms with van der Waals surface area (Å²) in [5, 5.41) is 5.18. The lowest BCUT2D eigenvalue weighted by atomic mass is 9.98. The third kappa shape index (κ3) is 4.80. The van der Waals surface area contributed by atoms with Crippen LogP contribution in [-0.4, -0.2) is 25.0 Å². The summed E-state index contributed by atoms with van der Waals surface area (Å²) >= 11 is 1.62. The van der Waals surface area contributed by atoms with E-state index in [0.717, 1.165) is 10.4 Å². The molecule has 1 atom stereocenters. The summed E-state index contributed by atoms with van der Waals surface area (Å²) in [4.78, 5) is 28.0.